The standard InChI is InChI=1S/C9H14N4O3.ClH/c1-5(9(15)16)13-8(14)7(10)2-6-3-11-4-12-6;/h3-5,7H,2,10H2,1H3,(H,11,12)(H,13,14)(H,15,16);1H/t5-,7+;/m0./s1. The molecule has 0 bridgehead atoms. The van der Waals surface area contributed by atoms with Gasteiger partial charge in [-0.1, -0.05) is 0 Å². The van der Waals surface area contributed by atoms with E-state index in [-0.39, 0.29) is 18.8 Å². The Balaban J connectivity index is 0.00000256. The van der Waals surface area contributed by atoms with Gasteiger partial charge in [-0.2, -0.15) is 0 Å². The number of nitrogens with two attached hydrogens (primary N) is 1. The molecule has 0 unspecified atom stereocenters. The van der Waals surface area contributed by atoms with Crippen molar-refractivity contribution in [2.75, 3.05) is 0 Å². The molecule has 0 saturated heterocycles. The summed E-state index contributed by atoms with van der Waals surface area (Å²) in [7, 11) is 0. The molecule has 7 nitrogen and oxygen atoms in total. The van der Waals surface area contributed by atoms with Crippen molar-refractivity contribution in [2.45, 2.75) is 25.4 Å². The van der Waals surface area contributed by atoms with E-state index in [1.54, 1.807) is 6.20 Å². The lowest BCUT2D eigenvalue weighted by molar-refractivity contribution is -0.141. The van der Waals surface area contributed by atoms with Crippen LogP contribution in [0.5, 0.6) is 0 Å². The number of carbonyl (C=O) groups is 2. The zero-order valence-corrected chi connectivity index (χ0v) is 10.0. The van der Waals surface area contributed by atoms with E-state index in [1.165, 1.54) is 13.3 Å². The molecule has 17 heavy (non-hydrogen) atoms. The van der Waals surface area contributed by atoms with E-state index in [1.807, 2.05) is 0 Å². The molecule has 1 aromatic heterocycles. The molecule has 0 aromatic carbocycles. The van der Waals surface area contributed by atoms with Gasteiger partial charge >= 0.3 is 5.97 Å². The normalized spacial score (nSPS) is 13.3. The number of hydrogen-bond acceptors (Lipinski definition) is 4. The van der Waals surface area contributed by atoms with E-state index in [2.05, 4.69) is 15.3 Å². The van der Waals surface area contributed by atoms with Crippen LogP contribution in [0.2, 0.25) is 0 Å². The first kappa shape index (κ1) is 15.4. The summed E-state index contributed by atoms with van der Waals surface area (Å²) in [4.78, 5) is 28.6. The lowest BCUT2D eigenvalue weighted by Gasteiger charge is -2.13. The van der Waals surface area contributed by atoms with Crippen LogP contribution in [0.25, 0.3) is 0 Å². The number of aliphatic carboxylic acids is 1. The van der Waals surface area contributed by atoms with Gasteiger partial charge in [0.2, 0.25) is 5.91 Å². The maximum absolute atomic E-state index is 11.5. The van der Waals surface area contributed by atoms with Gasteiger partial charge in [0, 0.05) is 18.3 Å². The third kappa shape index (κ3) is 4.83. The molecule has 0 aliphatic carbocycles. The van der Waals surface area contributed by atoms with Crippen LogP contribution in [0.4, 0.5) is 0 Å². The SMILES string of the molecule is C[C@H](NC(=O)[C@H](N)Cc1cnc[nH]1)C(=O)O.Cl. The van der Waals surface area contributed by atoms with Crippen LogP contribution in [0.1, 0.15) is 12.6 Å². The molecule has 0 spiro atoms. The van der Waals surface area contributed by atoms with Crippen LogP contribution in [0, 0.1) is 0 Å². The number of nitrogens with zero attached hydrogens (tertiary/aromatic N) is 1. The zero-order chi connectivity index (χ0) is 12.1. The number of nitrogens with one attached hydrogen (secondary N) is 2. The van der Waals surface area contributed by atoms with Crippen LogP contribution >= 0.6 is 12.4 Å². The average Bonchev–Trinajstić information content (AvgIpc) is 2.69. The topological polar surface area (TPSA) is 121 Å². The summed E-state index contributed by atoms with van der Waals surface area (Å²) in [5, 5.41) is 10.9. The lowest BCUT2D eigenvalue weighted by Crippen LogP contribution is -2.48. The minimum atomic E-state index is -1.10. The van der Waals surface area contributed by atoms with E-state index < -0.39 is 24.0 Å². The number of imidazole rings is 1. The predicted octanol–water partition coefficient (Wildman–Crippen LogP) is -0.709. The maximum atomic E-state index is 11.5. The second kappa shape index (κ2) is 6.87. The molecule has 2 atom stereocenters. The molecule has 1 aromatic rings. The number of hydrogen-bond donors (Lipinski definition) is 4. The lowest BCUT2D eigenvalue weighted by atomic mass is 10.1. The Hall–Kier alpha value is -1.60. The maximum Gasteiger partial charge on any atom is 0.325 e. The monoisotopic (exact) mass is 262 g/mol. The number of halogens is 1. The van der Waals surface area contributed by atoms with E-state index in [4.69, 9.17) is 10.8 Å². The van der Waals surface area contributed by atoms with Crippen LogP contribution < -0.4 is 11.1 Å². The minimum Gasteiger partial charge on any atom is -0.480 e. The highest BCUT2D eigenvalue weighted by Crippen LogP contribution is 1.96. The molecule has 8 heteroatoms. The number of H-pyrrole nitrogens is 1. The Morgan fingerprint density at radius 2 is 2.29 bits per heavy atom. The highest BCUT2D eigenvalue weighted by Gasteiger charge is 2.19. The molecule has 1 amide bonds. The first-order chi connectivity index (χ1) is 7.50. The highest BCUT2D eigenvalue weighted by atomic mass is 35.5. The van der Waals surface area contributed by atoms with Crippen molar-refractivity contribution in [3.8, 4) is 0 Å². The molecule has 0 aliphatic heterocycles. The molecular formula is C9H15ClN4O3. The van der Waals surface area contributed by atoms with Gasteiger partial charge in [0.25, 0.3) is 0 Å². The van der Waals surface area contributed by atoms with Crippen molar-refractivity contribution in [2.24, 2.45) is 5.73 Å². The summed E-state index contributed by atoms with van der Waals surface area (Å²) >= 11 is 0. The molecule has 0 aliphatic rings. The fourth-order valence-electron chi connectivity index (χ4n) is 1.11. The fourth-order valence-corrected chi connectivity index (χ4v) is 1.11. The highest BCUT2D eigenvalue weighted by molar-refractivity contribution is 5.86. The van der Waals surface area contributed by atoms with Crippen molar-refractivity contribution in [1.29, 1.82) is 0 Å². The van der Waals surface area contributed by atoms with E-state index >= 15 is 0 Å². The minimum absolute atomic E-state index is 0. The Kier molecular flexibility index (Phi) is 6.22. The Labute approximate surface area is 104 Å². The van der Waals surface area contributed by atoms with Crippen LogP contribution in [-0.4, -0.2) is 39.0 Å². The van der Waals surface area contributed by atoms with E-state index in [0.29, 0.717) is 0 Å². The van der Waals surface area contributed by atoms with Crippen molar-refractivity contribution < 1.29 is 14.7 Å². The number of rotatable bonds is 5. The second-order valence-electron chi connectivity index (χ2n) is 3.46. The average molecular weight is 263 g/mol. The first-order valence-corrected chi connectivity index (χ1v) is 4.76. The number of carbonyl (C=O) groups excluding carboxylic acids is 1. The fraction of sp³-hybridized carbons (Fsp3) is 0.444. The van der Waals surface area contributed by atoms with Gasteiger partial charge in [-0.25, -0.2) is 4.98 Å². The summed E-state index contributed by atoms with van der Waals surface area (Å²) < 4.78 is 0. The summed E-state index contributed by atoms with van der Waals surface area (Å²) in [6.45, 7) is 1.38. The zero-order valence-electron chi connectivity index (χ0n) is 9.21. The Bertz CT molecular complexity index is 368. The number of carboxylic acids is 1. The van der Waals surface area contributed by atoms with Gasteiger partial charge in [0.05, 0.1) is 12.4 Å². The van der Waals surface area contributed by atoms with Crippen LogP contribution in [0.3, 0.4) is 0 Å². The molecule has 96 valence electrons. The summed E-state index contributed by atoms with van der Waals surface area (Å²) in [6.07, 6.45) is 3.34. The van der Waals surface area contributed by atoms with Gasteiger partial charge in [0.15, 0.2) is 0 Å². The molecule has 0 saturated carbocycles. The second-order valence-corrected chi connectivity index (χ2v) is 3.46. The number of carboxylic acid groups (broad SMARTS) is 1. The summed E-state index contributed by atoms with van der Waals surface area (Å²) in [5.41, 5.74) is 6.33. The van der Waals surface area contributed by atoms with Crippen LogP contribution in [0.15, 0.2) is 12.5 Å². The van der Waals surface area contributed by atoms with E-state index in [9.17, 15) is 9.59 Å². The number of aromatic amines is 1. The first-order valence-electron chi connectivity index (χ1n) is 4.76. The van der Waals surface area contributed by atoms with Gasteiger partial charge in [-0.15, -0.1) is 12.4 Å². The molecule has 5 N–H and O–H groups in total. The van der Waals surface area contributed by atoms with Crippen LogP contribution in [-0.2, 0) is 16.0 Å². The smallest absolute Gasteiger partial charge is 0.325 e. The molecule has 0 radical (unpaired) electrons. The van der Waals surface area contributed by atoms with Crippen molar-refractivity contribution >= 4 is 24.3 Å². The molecule has 1 heterocycles. The summed E-state index contributed by atoms with van der Waals surface area (Å²) in [5.74, 6) is -1.59. The van der Waals surface area contributed by atoms with Crippen molar-refractivity contribution in [1.82, 2.24) is 15.3 Å². The Morgan fingerprint density at radius 3 is 2.76 bits per heavy atom. The van der Waals surface area contributed by atoms with Gasteiger partial charge < -0.3 is 21.1 Å². The molecule has 1 rings (SSSR count). The largest absolute Gasteiger partial charge is 0.480 e. The number of aromatic nitrogens is 2. The van der Waals surface area contributed by atoms with Crippen molar-refractivity contribution in [3.05, 3.63) is 18.2 Å². The number of amides is 1. The van der Waals surface area contributed by atoms with Gasteiger partial charge in [0.1, 0.15) is 6.04 Å². The van der Waals surface area contributed by atoms with Crippen molar-refractivity contribution in [3.63, 3.8) is 0 Å². The van der Waals surface area contributed by atoms with Gasteiger partial charge in [-0.3, -0.25) is 9.59 Å². The Morgan fingerprint density at radius 1 is 1.65 bits per heavy atom. The summed E-state index contributed by atoms with van der Waals surface area (Å²) in [6, 6.07) is -1.73. The quantitative estimate of drug-likeness (QED) is 0.559. The molecule has 0 fully saturated rings. The third-order valence-corrected chi connectivity index (χ3v) is 2.06. The molecular weight excluding hydrogens is 248 g/mol. The predicted molar refractivity (Wildman–Crippen MR) is 62.8 cm³/mol. The third-order valence-electron chi connectivity index (χ3n) is 2.06. The van der Waals surface area contributed by atoms with E-state index in [0.717, 1.165) is 5.69 Å². The van der Waals surface area contributed by atoms with Gasteiger partial charge in [-0.05, 0) is 6.92 Å².